The molecule has 0 saturated carbocycles. The monoisotopic (exact) mass is 252 g/mol. The van der Waals surface area contributed by atoms with Crippen molar-refractivity contribution >= 4 is 17.7 Å². The van der Waals surface area contributed by atoms with Crippen molar-refractivity contribution in [1.29, 1.82) is 5.26 Å². The second-order valence-corrected chi connectivity index (χ2v) is 4.52. The number of benzene rings is 1. The largest absolute Gasteiger partial charge is 0.344 e. The Balaban J connectivity index is 2.40. The summed E-state index contributed by atoms with van der Waals surface area (Å²) in [5.74, 6) is -0.111. The van der Waals surface area contributed by atoms with E-state index in [1.165, 1.54) is 28.8 Å². The predicted molar refractivity (Wildman–Crippen MR) is 65.0 cm³/mol. The molecule has 0 aliphatic rings. The quantitative estimate of drug-likeness (QED) is 0.755. The first kappa shape index (κ1) is 13.5. The fraction of sp³-hybridized carbons (Fsp3) is 0.333. The van der Waals surface area contributed by atoms with Gasteiger partial charge in [0.2, 0.25) is 5.91 Å². The van der Waals surface area contributed by atoms with Gasteiger partial charge in [0, 0.05) is 18.5 Å². The summed E-state index contributed by atoms with van der Waals surface area (Å²) in [6, 6.07) is 8.12. The molecule has 5 heteroatoms. The molecular formula is C12H13FN2OS. The van der Waals surface area contributed by atoms with Crippen LogP contribution in [0.1, 0.15) is 6.42 Å². The number of nitriles is 1. The van der Waals surface area contributed by atoms with Crippen LogP contribution in [0.25, 0.3) is 0 Å². The maximum absolute atomic E-state index is 12.9. The third-order valence-electron chi connectivity index (χ3n) is 2.14. The van der Waals surface area contributed by atoms with Gasteiger partial charge in [-0.25, -0.2) is 4.39 Å². The van der Waals surface area contributed by atoms with Crippen molar-refractivity contribution in [3.05, 3.63) is 30.1 Å². The molecular weight excluding hydrogens is 239 g/mol. The van der Waals surface area contributed by atoms with E-state index in [2.05, 4.69) is 0 Å². The minimum absolute atomic E-state index is 0.0606. The van der Waals surface area contributed by atoms with Crippen LogP contribution in [0.15, 0.2) is 29.2 Å². The number of carbonyl (C=O) groups is 1. The Bertz CT molecular complexity index is 431. The van der Waals surface area contributed by atoms with Gasteiger partial charge in [0.15, 0.2) is 0 Å². The fourth-order valence-corrected chi connectivity index (χ4v) is 2.04. The molecule has 17 heavy (non-hydrogen) atoms. The number of halogens is 1. The third kappa shape index (κ3) is 4.87. The summed E-state index contributed by atoms with van der Waals surface area (Å²) in [5.41, 5.74) is 0. The van der Waals surface area contributed by atoms with Crippen LogP contribution in [0.5, 0.6) is 0 Å². The summed E-state index contributed by atoms with van der Waals surface area (Å²) in [7, 11) is 1.66. The number of hydrogen-bond acceptors (Lipinski definition) is 3. The first-order chi connectivity index (χ1) is 8.13. The SMILES string of the molecule is CN(CCC#N)C(=O)CSc1cccc(F)c1. The number of hydrogen-bond donors (Lipinski definition) is 0. The zero-order chi connectivity index (χ0) is 12.7. The maximum Gasteiger partial charge on any atom is 0.232 e. The molecule has 0 radical (unpaired) electrons. The molecule has 1 amide bonds. The first-order valence-corrected chi connectivity index (χ1v) is 6.11. The molecule has 90 valence electrons. The molecule has 0 aliphatic heterocycles. The second kappa shape index (κ2) is 6.92. The van der Waals surface area contributed by atoms with Crippen molar-refractivity contribution in [2.45, 2.75) is 11.3 Å². The van der Waals surface area contributed by atoms with E-state index < -0.39 is 0 Å². The van der Waals surface area contributed by atoms with E-state index in [-0.39, 0.29) is 17.5 Å². The molecule has 0 aromatic heterocycles. The molecule has 0 atom stereocenters. The lowest BCUT2D eigenvalue weighted by Crippen LogP contribution is -2.29. The van der Waals surface area contributed by atoms with Crippen molar-refractivity contribution in [3.8, 4) is 6.07 Å². The average Bonchev–Trinajstić information content (AvgIpc) is 2.33. The lowest BCUT2D eigenvalue weighted by atomic mass is 10.4. The summed E-state index contributed by atoms with van der Waals surface area (Å²) in [6.45, 7) is 0.430. The number of nitrogens with zero attached hydrogens (tertiary/aromatic N) is 2. The maximum atomic E-state index is 12.9. The highest BCUT2D eigenvalue weighted by atomic mass is 32.2. The van der Waals surface area contributed by atoms with Gasteiger partial charge in [-0.1, -0.05) is 6.07 Å². The summed E-state index contributed by atoms with van der Waals surface area (Å²) >= 11 is 1.29. The average molecular weight is 252 g/mol. The molecule has 0 saturated heterocycles. The lowest BCUT2D eigenvalue weighted by molar-refractivity contribution is -0.127. The Kier molecular flexibility index (Phi) is 5.50. The Morgan fingerprint density at radius 3 is 3.00 bits per heavy atom. The molecule has 1 rings (SSSR count). The molecule has 0 fully saturated rings. The Hall–Kier alpha value is -1.54. The van der Waals surface area contributed by atoms with E-state index in [0.29, 0.717) is 13.0 Å². The van der Waals surface area contributed by atoms with Crippen molar-refractivity contribution in [2.75, 3.05) is 19.3 Å². The van der Waals surface area contributed by atoms with E-state index in [1.807, 2.05) is 6.07 Å². The van der Waals surface area contributed by atoms with Crippen LogP contribution in [-0.2, 0) is 4.79 Å². The zero-order valence-electron chi connectivity index (χ0n) is 9.52. The van der Waals surface area contributed by atoms with E-state index in [4.69, 9.17) is 5.26 Å². The summed E-state index contributed by atoms with van der Waals surface area (Å²) < 4.78 is 12.9. The molecule has 0 N–H and O–H groups in total. The minimum atomic E-state index is -0.305. The normalized spacial score (nSPS) is 9.71. The van der Waals surface area contributed by atoms with Gasteiger partial charge in [-0.3, -0.25) is 4.79 Å². The second-order valence-electron chi connectivity index (χ2n) is 3.47. The topological polar surface area (TPSA) is 44.1 Å². The molecule has 3 nitrogen and oxygen atoms in total. The number of carbonyl (C=O) groups excluding carboxylic acids is 1. The van der Waals surface area contributed by atoms with Crippen LogP contribution >= 0.6 is 11.8 Å². The summed E-state index contributed by atoms with van der Waals surface area (Å²) in [4.78, 5) is 13.8. The van der Waals surface area contributed by atoms with E-state index in [0.717, 1.165) is 4.90 Å². The van der Waals surface area contributed by atoms with Crippen LogP contribution in [0.2, 0.25) is 0 Å². The van der Waals surface area contributed by atoms with Crippen LogP contribution in [0.4, 0.5) is 4.39 Å². The summed E-state index contributed by atoms with van der Waals surface area (Å²) in [5, 5.41) is 8.40. The highest BCUT2D eigenvalue weighted by Crippen LogP contribution is 2.18. The zero-order valence-corrected chi connectivity index (χ0v) is 10.3. The molecule has 1 aromatic carbocycles. The van der Waals surface area contributed by atoms with Crippen molar-refractivity contribution in [1.82, 2.24) is 4.90 Å². The van der Waals surface area contributed by atoms with E-state index in [9.17, 15) is 9.18 Å². The van der Waals surface area contributed by atoms with Gasteiger partial charge >= 0.3 is 0 Å². The van der Waals surface area contributed by atoms with Gasteiger partial charge in [0.05, 0.1) is 18.2 Å². The first-order valence-electron chi connectivity index (χ1n) is 5.13. The fourth-order valence-electron chi connectivity index (χ4n) is 1.15. The number of thioether (sulfide) groups is 1. The Morgan fingerprint density at radius 1 is 1.59 bits per heavy atom. The number of rotatable bonds is 5. The number of amides is 1. The van der Waals surface area contributed by atoms with Crippen LogP contribution in [-0.4, -0.2) is 30.2 Å². The van der Waals surface area contributed by atoms with Gasteiger partial charge in [-0.2, -0.15) is 5.26 Å². The van der Waals surface area contributed by atoms with Gasteiger partial charge in [-0.05, 0) is 18.2 Å². The van der Waals surface area contributed by atoms with Crippen molar-refractivity contribution < 1.29 is 9.18 Å². The molecule has 0 unspecified atom stereocenters. The van der Waals surface area contributed by atoms with Crippen LogP contribution in [0, 0.1) is 17.1 Å². The molecule has 0 aliphatic carbocycles. The Morgan fingerprint density at radius 2 is 2.35 bits per heavy atom. The van der Waals surface area contributed by atoms with Crippen molar-refractivity contribution in [3.63, 3.8) is 0 Å². The molecule has 0 heterocycles. The predicted octanol–water partition coefficient (Wildman–Crippen LogP) is 2.29. The molecule has 0 bridgehead atoms. The smallest absolute Gasteiger partial charge is 0.232 e. The minimum Gasteiger partial charge on any atom is -0.344 e. The van der Waals surface area contributed by atoms with Gasteiger partial charge < -0.3 is 4.90 Å². The van der Waals surface area contributed by atoms with Crippen LogP contribution < -0.4 is 0 Å². The molecule has 1 aromatic rings. The van der Waals surface area contributed by atoms with E-state index in [1.54, 1.807) is 19.2 Å². The van der Waals surface area contributed by atoms with E-state index >= 15 is 0 Å². The third-order valence-corrected chi connectivity index (χ3v) is 3.12. The highest BCUT2D eigenvalue weighted by Gasteiger charge is 2.08. The van der Waals surface area contributed by atoms with Crippen molar-refractivity contribution in [2.24, 2.45) is 0 Å². The van der Waals surface area contributed by atoms with Gasteiger partial charge in [0.1, 0.15) is 5.82 Å². The molecule has 0 spiro atoms. The standard InChI is InChI=1S/C12H13FN2OS/c1-15(7-3-6-14)12(16)9-17-11-5-2-4-10(13)8-11/h2,4-5,8H,3,7,9H2,1H3. The summed E-state index contributed by atoms with van der Waals surface area (Å²) in [6.07, 6.45) is 0.326. The Labute approximate surface area is 104 Å². The van der Waals surface area contributed by atoms with Gasteiger partial charge in [0.25, 0.3) is 0 Å². The van der Waals surface area contributed by atoms with Crippen LogP contribution in [0.3, 0.4) is 0 Å². The lowest BCUT2D eigenvalue weighted by Gasteiger charge is -2.14. The van der Waals surface area contributed by atoms with Gasteiger partial charge in [-0.15, -0.1) is 11.8 Å². The highest BCUT2D eigenvalue weighted by molar-refractivity contribution is 8.00.